The van der Waals surface area contributed by atoms with E-state index >= 15 is 0 Å². The van der Waals surface area contributed by atoms with Gasteiger partial charge in [0.2, 0.25) is 5.82 Å². The SMILES string of the molecule is O=[N+]([O-])c1cnc(/C=C/c2ccc(Br)cc2)n1CCn1cc(CO)nn1. The number of hydrogen-bond donors (Lipinski definition) is 1. The summed E-state index contributed by atoms with van der Waals surface area (Å²) in [6, 6.07) is 7.68. The number of nitro groups is 1. The summed E-state index contributed by atoms with van der Waals surface area (Å²) in [4.78, 5) is 14.9. The van der Waals surface area contributed by atoms with Gasteiger partial charge in [-0.25, -0.2) is 14.2 Å². The fourth-order valence-corrected chi connectivity index (χ4v) is 2.62. The first-order valence-corrected chi connectivity index (χ1v) is 8.49. The van der Waals surface area contributed by atoms with Gasteiger partial charge in [-0.05, 0) is 28.7 Å². The minimum absolute atomic E-state index is 0.0945. The number of benzene rings is 1. The highest BCUT2D eigenvalue weighted by molar-refractivity contribution is 9.10. The Bertz CT molecular complexity index is 932. The fraction of sp³-hybridized carbons (Fsp3) is 0.188. The lowest BCUT2D eigenvalue weighted by Gasteiger charge is -2.03. The highest BCUT2D eigenvalue weighted by Crippen LogP contribution is 2.18. The van der Waals surface area contributed by atoms with Crippen molar-refractivity contribution in [3.8, 4) is 0 Å². The molecular formula is C16H15BrN6O3. The number of hydrogen-bond acceptors (Lipinski definition) is 6. The Morgan fingerprint density at radius 2 is 2.00 bits per heavy atom. The second-order valence-corrected chi connectivity index (χ2v) is 6.31. The van der Waals surface area contributed by atoms with Crippen molar-refractivity contribution in [1.29, 1.82) is 0 Å². The zero-order valence-electron chi connectivity index (χ0n) is 13.6. The van der Waals surface area contributed by atoms with Crippen LogP contribution in [0.25, 0.3) is 12.2 Å². The van der Waals surface area contributed by atoms with Gasteiger partial charge in [0.05, 0.1) is 19.3 Å². The number of rotatable bonds is 7. The molecule has 0 saturated carbocycles. The third-order valence-corrected chi connectivity index (χ3v) is 4.18. The summed E-state index contributed by atoms with van der Waals surface area (Å²) >= 11 is 3.38. The smallest absolute Gasteiger partial charge is 0.343 e. The van der Waals surface area contributed by atoms with E-state index in [0.717, 1.165) is 10.0 Å². The highest BCUT2D eigenvalue weighted by atomic mass is 79.9. The third-order valence-electron chi connectivity index (χ3n) is 3.65. The van der Waals surface area contributed by atoms with E-state index in [1.54, 1.807) is 12.3 Å². The van der Waals surface area contributed by atoms with Crippen LogP contribution < -0.4 is 0 Å². The molecule has 9 nitrogen and oxygen atoms in total. The summed E-state index contributed by atoms with van der Waals surface area (Å²) in [6.07, 6.45) is 6.41. The van der Waals surface area contributed by atoms with Gasteiger partial charge >= 0.3 is 5.82 Å². The number of nitrogens with zero attached hydrogens (tertiary/aromatic N) is 6. The summed E-state index contributed by atoms with van der Waals surface area (Å²) in [7, 11) is 0. The Labute approximate surface area is 156 Å². The molecule has 0 aliphatic carbocycles. The fourth-order valence-electron chi connectivity index (χ4n) is 2.36. The molecule has 3 rings (SSSR count). The van der Waals surface area contributed by atoms with Crippen molar-refractivity contribution in [3.63, 3.8) is 0 Å². The average Bonchev–Trinajstić information content (AvgIpc) is 3.26. The molecule has 0 aliphatic rings. The van der Waals surface area contributed by atoms with Crippen LogP contribution in [-0.2, 0) is 19.7 Å². The summed E-state index contributed by atoms with van der Waals surface area (Å²) < 4.78 is 4.01. The molecule has 2 aromatic heterocycles. The van der Waals surface area contributed by atoms with Gasteiger partial charge in [-0.15, -0.1) is 5.10 Å². The normalized spacial score (nSPS) is 11.3. The van der Waals surface area contributed by atoms with Crippen LogP contribution in [0.3, 0.4) is 0 Å². The maximum absolute atomic E-state index is 11.3. The number of halogens is 1. The first-order valence-electron chi connectivity index (χ1n) is 7.70. The molecule has 1 aromatic carbocycles. The van der Waals surface area contributed by atoms with Crippen molar-refractivity contribution in [2.75, 3.05) is 0 Å². The van der Waals surface area contributed by atoms with Crippen LogP contribution >= 0.6 is 15.9 Å². The zero-order valence-corrected chi connectivity index (χ0v) is 15.2. The third kappa shape index (κ3) is 4.21. The number of aromatic nitrogens is 5. The van der Waals surface area contributed by atoms with Crippen LogP contribution in [-0.4, -0.2) is 34.6 Å². The lowest BCUT2D eigenvalue weighted by atomic mass is 10.2. The molecule has 1 N–H and O–H groups in total. The zero-order chi connectivity index (χ0) is 18.5. The summed E-state index contributed by atoms with van der Waals surface area (Å²) in [5.41, 5.74) is 1.40. The number of aryl methyl sites for hydroxylation is 1. The predicted octanol–water partition coefficient (Wildman–Crippen LogP) is 2.51. The number of aliphatic hydroxyl groups is 1. The van der Waals surface area contributed by atoms with Gasteiger partial charge in [0.15, 0.2) is 0 Å². The topological polar surface area (TPSA) is 112 Å². The van der Waals surface area contributed by atoms with E-state index in [-0.39, 0.29) is 12.4 Å². The van der Waals surface area contributed by atoms with Crippen molar-refractivity contribution in [2.45, 2.75) is 19.7 Å². The molecule has 10 heteroatoms. The molecule has 0 fully saturated rings. The Morgan fingerprint density at radius 3 is 2.65 bits per heavy atom. The molecule has 0 radical (unpaired) electrons. The summed E-state index contributed by atoms with van der Waals surface area (Å²) in [5, 5.41) is 27.9. The lowest BCUT2D eigenvalue weighted by Crippen LogP contribution is -2.11. The minimum Gasteiger partial charge on any atom is -0.390 e. The van der Waals surface area contributed by atoms with Crippen molar-refractivity contribution in [2.24, 2.45) is 0 Å². The average molecular weight is 419 g/mol. The van der Waals surface area contributed by atoms with Crippen molar-refractivity contribution < 1.29 is 10.0 Å². The molecule has 0 spiro atoms. The van der Waals surface area contributed by atoms with Crippen molar-refractivity contribution >= 4 is 33.9 Å². The molecule has 0 amide bonds. The van der Waals surface area contributed by atoms with Gasteiger partial charge in [0.1, 0.15) is 18.4 Å². The molecule has 0 atom stereocenters. The van der Waals surface area contributed by atoms with Crippen LogP contribution in [0, 0.1) is 10.1 Å². The van der Waals surface area contributed by atoms with Gasteiger partial charge in [-0.2, -0.15) is 0 Å². The van der Waals surface area contributed by atoms with Crippen LogP contribution in [0.4, 0.5) is 5.82 Å². The first kappa shape index (κ1) is 18.0. The monoisotopic (exact) mass is 418 g/mol. The van der Waals surface area contributed by atoms with E-state index in [1.807, 2.05) is 30.3 Å². The van der Waals surface area contributed by atoms with Crippen LogP contribution in [0.2, 0.25) is 0 Å². The van der Waals surface area contributed by atoms with Crippen molar-refractivity contribution in [1.82, 2.24) is 24.5 Å². The predicted molar refractivity (Wildman–Crippen MR) is 97.9 cm³/mol. The standard InChI is InChI=1S/C16H15BrN6O3/c17-13-4-1-12(2-5-13)3-6-15-18-9-16(23(25)26)22(15)8-7-21-10-14(11-24)19-20-21/h1-6,9-10,24H,7-8,11H2/b6-3+. The van der Waals surface area contributed by atoms with E-state index in [9.17, 15) is 10.1 Å². The van der Waals surface area contributed by atoms with E-state index < -0.39 is 4.92 Å². The number of imidazole rings is 1. The molecule has 26 heavy (non-hydrogen) atoms. The Morgan fingerprint density at radius 1 is 1.23 bits per heavy atom. The van der Waals surface area contributed by atoms with E-state index in [0.29, 0.717) is 24.6 Å². The van der Waals surface area contributed by atoms with Gasteiger partial charge < -0.3 is 15.2 Å². The molecule has 134 valence electrons. The minimum atomic E-state index is -0.468. The quantitative estimate of drug-likeness (QED) is 0.465. The maximum Gasteiger partial charge on any atom is 0.343 e. The second kappa shape index (κ2) is 8.02. The number of aliphatic hydroxyl groups excluding tert-OH is 1. The van der Waals surface area contributed by atoms with Gasteiger partial charge in [0, 0.05) is 10.5 Å². The van der Waals surface area contributed by atoms with E-state index in [4.69, 9.17) is 5.11 Å². The van der Waals surface area contributed by atoms with Crippen LogP contribution in [0.5, 0.6) is 0 Å². The molecule has 0 bridgehead atoms. The summed E-state index contributed by atoms with van der Waals surface area (Å²) in [6.45, 7) is 0.459. The molecular weight excluding hydrogens is 404 g/mol. The van der Waals surface area contributed by atoms with Crippen LogP contribution in [0.15, 0.2) is 41.1 Å². The van der Waals surface area contributed by atoms with E-state index in [2.05, 4.69) is 31.2 Å². The van der Waals surface area contributed by atoms with Gasteiger partial charge in [0.25, 0.3) is 0 Å². The molecule has 3 aromatic rings. The van der Waals surface area contributed by atoms with Crippen LogP contribution in [0.1, 0.15) is 17.1 Å². The first-order chi connectivity index (χ1) is 12.6. The van der Waals surface area contributed by atoms with Gasteiger partial charge in [-0.1, -0.05) is 33.3 Å². The molecule has 2 heterocycles. The lowest BCUT2D eigenvalue weighted by molar-refractivity contribution is -0.392. The Kier molecular flexibility index (Phi) is 5.54. The molecule has 0 unspecified atom stereocenters. The van der Waals surface area contributed by atoms with Crippen molar-refractivity contribution in [3.05, 3.63) is 68.3 Å². The largest absolute Gasteiger partial charge is 0.390 e. The van der Waals surface area contributed by atoms with E-state index in [1.165, 1.54) is 15.4 Å². The highest BCUT2D eigenvalue weighted by Gasteiger charge is 2.18. The Balaban J connectivity index is 1.81. The molecule has 0 saturated heterocycles. The second-order valence-electron chi connectivity index (χ2n) is 5.40. The van der Waals surface area contributed by atoms with Gasteiger partial charge in [-0.3, -0.25) is 0 Å². The Hall–Kier alpha value is -2.85. The summed E-state index contributed by atoms with van der Waals surface area (Å²) in [5.74, 6) is 0.380. The molecule has 0 aliphatic heterocycles. The maximum atomic E-state index is 11.3.